The number of benzene rings is 3. The van der Waals surface area contributed by atoms with E-state index in [2.05, 4.69) is 130 Å². The van der Waals surface area contributed by atoms with Crippen molar-refractivity contribution in [3.63, 3.8) is 0 Å². The van der Waals surface area contributed by atoms with Gasteiger partial charge in [-0.2, -0.15) is 0 Å². The molecule has 7 rings (SSSR count). The lowest BCUT2D eigenvalue weighted by atomic mass is 10.0. The molecule has 160 valence electrons. The highest BCUT2D eigenvalue weighted by Gasteiger charge is 2.09. The largest absolute Gasteiger partial charge is 0.323 e. The number of rotatable bonds is 3. The van der Waals surface area contributed by atoms with Gasteiger partial charge in [-0.25, -0.2) is 0 Å². The molecule has 7 aromatic rings. The van der Waals surface area contributed by atoms with Gasteiger partial charge in [0.15, 0.2) is 0 Å². The quantitative estimate of drug-likeness (QED) is 0.278. The van der Waals surface area contributed by atoms with Crippen LogP contribution >= 0.6 is 0 Å². The molecule has 0 bridgehead atoms. The van der Waals surface area contributed by atoms with Gasteiger partial charge in [-0.05, 0) is 76.0 Å². The molecule has 0 fully saturated rings. The molecule has 4 aromatic heterocycles. The first-order valence-corrected chi connectivity index (χ1v) is 11.5. The molecular weight excluding hydrogens is 414 g/mol. The summed E-state index contributed by atoms with van der Waals surface area (Å²) in [4.78, 5) is 4.35. The molecule has 0 radical (unpaired) electrons. The van der Waals surface area contributed by atoms with Gasteiger partial charge in [0.2, 0.25) is 0 Å². The van der Waals surface area contributed by atoms with Crippen molar-refractivity contribution < 1.29 is 0 Å². The van der Waals surface area contributed by atoms with E-state index in [0.717, 1.165) is 0 Å². The van der Waals surface area contributed by atoms with Gasteiger partial charge in [-0.1, -0.05) is 48.5 Å². The normalized spacial score (nSPS) is 11.5. The molecule has 34 heavy (non-hydrogen) atoms. The maximum absolute atomic E-state index is 4.35. The maximum atomic E-state index is 4.35. The number of aromatic nitrogens is 3. The van der Waals surface area contributed by atoms with Crippen LogP contribution in [0.1, 0.15) is 0 Å². The van der Waals surface area contributed by atoms with Gasteiger partial charge < -0.3 is 8.97 Å². The van der Waals surface area contributed by atoms with Crippen LogP contribution in [0.25, 0.3) is 55.1 Å². The lowest BCUT2D eigenvalue weighted by molar-refractivity contribution is 1.13. The number of nitrogens with zero attached hydrogens (tertiary/aromatic N) is 3. The zero-order valence-electron chi connectivity index (χ0n) is 18.5. The molecule has 0 amide bonds. The number of hydrogen-bond donors (Lipinski definition) is 0. The third-order valence-corrected chi connectivity index (χ3v) is 6.65. The molecule has 0 unspecified atom stereocenters. The second-order valence-electron chi connectivity index (χ2n) is 8.67. The van der Waals surface area contributed by atoms with Crippen LogP contribution in [0, 0.1) is 0 Å². The smallest absolute Gasteiger partial charge is 0.0534 e. The molecule has 4 heterocycles. The first kappa shape index (κ1) is 18.9. The number of hydrogen-bond acceptors (Lipinski definition) is 1. The van der Waals surface area contributed by atoms with Crippen molar-refractivity contribution in [1.82, 2.24) is 14.0 Å². The summed E-state index contributed by atoms with van der Waals surface area (Å²) in [6.45, 7) is 0. The fourth-order valence-corrected chi connectivity index (χ4v) is 4.92. The number of fused-ring (bicyclic) bond motifs is 3. The summed E-state index contributed by atoms with van der Waals surface area (Å²) in [5, 5.41) is 3.62. The Balaban J connectivity index is 1.34. The predicted octanol–water partition coefficient (Wildman–Crippen LogP) is 7.77. The molecule has 3 aromatic carbocycles. The summed E-state index contributed by atoms with van der Waals surface area (Å²) >= 11 is 0. The van der Waals surface area contributed by atoms with E-state index in [0.29, 0.717) is 0 Å². The van der Waals surface area contributed by atoms with Crippen LogP contribution in [0.2, 0.25) is 0 Å². The van der Waals surface area contributed by atoms with Crippen LogP contribution in [0.3, 0.4) is 0 Å². The summed E-state index contributed by atoms with van der Waals surface area (Å²) in [5.41, 5.74) is 8.38. The van der Waals surface area contributed by atoms with Crippen molar-refractivity contribution in [2.24, 2.45) is 0 Å². The van der Waals surface area contributed by atoms with Crippen LogP contribution in [0.5, 0.6) is 0 Å². The zero-order valence-corrected chi connectivity index (χ0v) is 18.5. The third kappa shape index (κ3) is 3.02. The van der Waals surface area contributed by atoms with E-state index in [-0.39, 0.29) is 0 Å². The highest BCUT2D eigenvalue weighted by Crippen LogP contribution is 2.32. The first-order chi connectivity index (χ1) is 16.8. The van der Waals surface area contributed by atoms with Crippen molar-refractivity contribution in [3.8, 4) is 27.9 Å². The Bertz CT molecular complexity index is 1800. The van der Waals surface area contributed by atoms with E-state index in [1.165, 1.54) is 55.1 Å². The highest BCUT2D eigenvalue weighted by molar-refractivity contribution is 5.96. The molecule has 0 atom stereocenters. The lowest BCUT2D eigenvalue weighted by Crippen LogP contribution is -1.90. The van der Waals surface area contributed by atoms with Crippen LogP contribution < -0.4 is 0 Å². The van der Waals surface area contributed by atoms with E-state index in [1.807, 2.05) is 12.4 Å². The minimum absolute atomic E-state index is 1.17. The average Bonchev–Trinajstić information content (AvgIpc) is 3.52. The molecule has 0 N–H and O–H groups in total. The molecule has 0 aliphatic heterocycles. The SMILES string of the molecule is c1ccc(-n2ccc3ccc(-c4cc5cc(-c6cccc7ccncc67)ccn5c4)cc32)cc1. The van der Waals surface area contributed by atoms with Gasteiger partial charge in [-0.3, -0.25) is 4.98 Å². The van der Waals surface area contributed by atoms with Gasteiger partial charge in [0.1, 0.15) is 0 Å². The lowest BCUT2D eigenvalue weighted by Gasteiger charge is -2.07. The van der Waals surface area contributed by atoms with Crippen LogP contribution in [0.4, 0.5) is 0 Å². The molecule has 3 nitrogen and oxygen atoms in total. The van der Waals surface area contributed by atoms with Gasteiger partial charge in [0, 0.05) is 53.1 Å². The van der Waals surface area contributed by atoms with Crippen molar-refractivity contribution >= 4 is 27.2 Å². The minimum atomic E-state index is 1.17. The van der Waals surface area contributed by atoms with E-state index in [4.69, 9.17) is 0 Å². The Morgan fingerprint density at radius 1 is 0.618 bits per heavy atom. The Morgan fingerprint density at radius 2 is 1.53 bits per heavy atom. The second-order valence-corrected chi connectivity index (χ2v) is 8.67. The van der Waals surface area contributed by atoms with Gasteiger partial charge in [-0.15, -0.1) is 0 Å². The van der Waals surface area contributed by atoms with E-state index >= 15 is 0 Å². The zero-order chi connectivity index (χ0) is 22.5. The third-order valence-electron chi connectivity index (χ3n) is 6.65. The van der Waals surface area contributed by atoms with Crippen molar-refractivity contribution in [1.29, 1.82) is 0 Å². The molecule has 0 saturated heterocycles. The number of pyridine rings is 2. The summed E-state index contributed by atoms with van der Waals surface area (Å²) in [7, 11) is 0. The predicted molar refractivity (Wildman–Crippen MR) is 140 cm³/mol. The monoisotopic (exact) mass is 435 g/mol. The van der Waals surface area contributed by atoms with E-state index in [9.17, 15) is 0 Å². The van der Waals surface area contributed by atoms with Crippen molar-refractivity contribution in [2.45, 2.75) is 0 Å². The van der Waals surface area contributed by atoms with Crippen LogP contribution in [-0.4, -0.2) is 14.0 Å². The van der Waals surface area contributed by atoms with Gasteiger partial charge in [0.05, 0.1) is 5.52 Å². The van der Waals surface area contributed by atoms with Gasteiger partial charge >= 0.3 is 0 Å². The Labute approximate surface area is 197 Å². The van der Waals surface area contributed by atoms with E-state index in [1.54, 1.807) is 0 Å². The van der Waals surface area contributed by atoms with Crippen molar-refractivity contribution in [3.05, 3.63) is 128 Å². The second kappa shape index (κ2) is 7.46. The summed E-state index contributed by atoms with van der Waals surface area (Å²) < 4.78 is 4.45. The van der Waals surface area contributed by atoms with Crippen LogP contribution in [-0.2, 0) is 0 Å². The summed E-state index contributed by atoms with van der Waals surface area (Å²) in [5.74, 6) is 0. The maximum Gasteiger partial charge on any atom is 0.0534 e. The Morgan fingerprint density at radius 3 is 2.47 bits per heavy atom. The average molecular weight is 436 g/mol. The molecule has 0 aliphatic carbocycles. The molecule has 3 heteroatoms. The fraction of sp³-hybridized carbons (Fsp3) is 0. The van der Waals surface area contributed by atoms with Crippen LogP contribution in [0.15, 0.2) is 128 Å². The Kier molecular flexibility index (Phi) is 4.15. The topological polar surface area (TPSA) is 22.2 Å². The highest BCUT2D eigenvalue weighted by atomic mass is 15.0. The van der Waals surface area contributed by atoms with Gasteiger partial charge in [0.25, 0.3) is 0 Å². The van der Waals surface area contributed by atoms with Crippen molar-refractivity contribution in [2.75, 3.05) is 0 Å². The number of para-hydroxylation sites is 1. The molecule has 0 spiro atoms. The summed E-state index contributed by atoms with van der Waals surface area (Å²) in [6.07, 6.45) is 10.3. The standard InChI is InChI=1S/C31H21N3/c1-2-6-27(7-3-1)34-16-13-23-9-10-24(19-31(23)34)26-18-28-17-25(12-15-33(28)21-26)29-8-4-5-22-11-14-32-20-30(22)29/h1-21H. The molecule has 0 aliphatic rings. The Hall–Kier alpha value is -4.63. The summed E-state index contributed by atoms with van der Waals surface area (Å²) in [6, 6.07) is 34.6. The minimum Gasteiger partial charge on any atom is -0.323 e. The first-order valence-electron chi connectivity index (χ1n) is 11.5. The van der Waals surface area contributed by atoms with E-state index < -0.39 is 0 Å². The molecular formula is C31H21N3. The fourth-order valence-electron chi connectivity index (χ4n) is 4.92. The molecule has 0 saturated carbocycles.